The van der Waals surface area contributed by atoms with Crippen molar-refractivity contribution in [1.82, 2.24) is 4.31 Å². The Bertz CT molecular complexity index is 729. The third-order valence-electron chi connectivity index (χ3n) is 2.67. The molecule has 4 nitrogen and oxygen atoms in total. The Morgan fingerprint density at radius 3 is 2.55 bits per heavy atom. The molecule has 0 bridgehead atoms. The zero-order chi connectivity index (χ0) is 14.9. The number of rotatable bonds is 4. The van der Waals surface area contributed by atoms with Gasteiger partial charge in [0.15, 0.2) is 0 Å². The summed E-state index contributed by atoms with van der Waals surface area (Å²) >= 11 is 0.994. The molecule has 2 N–H and O–H groups in total. The van der Waals surface area contributed by atoms with Crippen LogP contribution in [0, 0.1) is 11.6 Å². The SMILES string of the molecule is CN(Cc1ccc(F)cc1F)S(=O)(=O)c1cc(N)cs1. The summed E-state index contributed by atoms with van der Waals surface area (Å²) in [7, 11) is -2.40. The van der Waals surface area contributed by atoms with Gasteiger partial charge in [0.1, 0.15) is 15.8 Å². The molecule has 0 spiro atoms. The molecule has 1 aromatic carbocycles. The number of sulfonamides is 1. The highest BCUT2D eigenvalue weighted by atomic mass is 32.2. The summed E-state index contributed by atoms with van der Waals surface area (Å²) in [5, 5.41) is 1.51. The van der Waals surface area contributed by atoms with Crippen molar-refractivity contribution in [1.29, 1.82) is 0 Å². The second-order valence-corrected chi connectivity index (χ2v) is 7.38. The number of hydrogen-bond acceptors (Lipinski definition) is 4. The lowest BCUT2D eigenvalue weighted by atomic mass is 10.2. The molecule has 0 aliphatic heterocycles. The first kappa shape index (κ1) is 14.9. The van der Waals surface area contributed by atoms with Crippen LogP contribution in [0.2, 0.25) is 0 Å². The quantitative estimate of drug-likeness (QED) is 0.941. The van der Waals surface area contributed by atoms with Crippen LogP contribution in [0.4, 0.5) is 14.5 Å². The lowest BCUT2D eigenvalue weighted by Gasteiger charge is -2.16. The van der Waals surface area contributed by atoms with Crippen LogP contribution in [-0.2, 0) is 16.6 Å². The first-order valence-corrected chi connectivity index (χ1v) is 7.87. The number of benzene rings is 1. The summed E-state index contributed by atoms with van der Waals surface area (Å²) in [5.74, 6) is -1.49. The molecule has 108 valence electrons. The van der Waals surface area contributed by atoms with Gasteiger partial charge in [0.25, 0.3) is 10.0 Å². The lowest BCUT2D eigenvalue weighted by Crippen LogP contribution is -2.26. The summed E-state index contributed by atoms with van der Waals surface area (Å²) in [5.41, 5.74) is 5.95. The van der Waals surface area contributed by atoms with E-state index in [0.29, 0.717) is 5.69 Å². The van der Waals surface area contributed by atoms with Gasteiger partial charge in [-0.25, -0.2) is 17.2 Å². The lowest BCUT2D eigenvalue weighted by molar-refractivity contribution is 0.456. The van der Waals surface area contributed by atoms with Crippen LogP contribution in [0.1, 0.15) is 5.56 Å². The van der Waals surface area contributed by atoms with Crippen molar-refractivity contribution in [3.05, 3.63) is 46.8 Å². The van der Waals surface area contributed by atoms with E-state index in [-0.39, 0.29) is 16.3 Å². The van der Waals surface area contributed by atoms with Crippen LogP contribution in [0.25, 0.3) is 0 Å². The van der Waals surface area contributed by atoms with E-state index in [1.54, 1.807) is 0 Å². The Balaban J connectivity index is 2.25. The van der Waals surface area contributed by atoms with Gasteiger partial charge in [0.2, 0.25) is 0 Å². The maximum absolute atomic E-state index is 13.5. The van der Waals surface area contributed by atoms with Gasteiger partial charge in [-0.1, -0.05) is 6.07 Å². The second-order valence-electron chi connectivity index (χ2n) is 4.20. The van der Waals surface area contributed by atoms with Crippen molar-refractivity contribution in [3.63, 3.8) is 0 Å². The second kappa shape index (κ2) is 5.47. The standard InChI is InChI=1S/C12H12F2N2O2S2/c1-16(6-8-2-3-9(13)4-11(8)14)20(17,18)12-5-10(15)7-19-12/h2-5,7H,6,15H2,1H3. The highest BCUT2D eigenvalue weighted by Crippen LogP contribution is 2.25. The van der Waals surface area contributed by atoms with Gasteiger partial charge in [-0.3, -0.25) is 0 Å². The van der Waals surface area contributed by atoms with Gasteiger partial charge in [-0.2, -0.15) is 4.31 Å². The van der Waals surface area contributed by atoms with E-state index in [9.17, 15) is 17.2 Å². The molecule has 0 unspecified atom stereocenters. The Hall–Kier alpha value is -1.51. The topological polar surface area (TPSA) is 63.4 Å². The van der Waals surface area contributed by atoms with Crippen LogP contribution in [0.3, 0.4) is 0 Å². The number of nitrogen functional groups attached to an aromatic ring is 1. The molecule has 1 aromatic heterocycles. The smallest absolute Gasteiger partial charge is 0.252 e. The van der Waals surface area contributed by atoms with Crippen LogP contribution in [-0.4, -0.2) is 19.8 Å². The van der Waals surface area contributed by atoms with E-state index < -0.39 is 21.7 Å². The molecule has 1 heterocycles. The van der Waals surface area contributed by atoms with Gasteiger partial charge in [-0.15, -0.1) is 11.3 Å². The van der Waals surface area contributed by atoms with E-state index >= 15 is 0 Å². The predicted octanol–water partition coefficient (Wildman–Crippen LogP) is 2.43. The Kier molecular flexibility index (Phi) is 4.07. The predicted molar refractivity (Wildman–Crippen MR) is 73.7 cm³/mol. The highest BCUT2D eigenvalue weighted by Gasteiger charge is 2.23. The monoisotopic (exact) mass is 318 g/mol. The maximum Gasteiger partial charge on any atom is 0.252 e. The molecule has 0 atom stereocenters. The molecule has 0 aliphatic rings. The molecule has 0 saturated heterocycles. The Labute approximate surface area is 119 Å². The van der Waals surface area contributed by atoms with Crippen molar-refractivity contribution in [3.8, 4) is 0 Å². The third kappa shape index (κ3) is 2.97. The van der Waals surface area contributed by atoms with Gasteiger partial charge in [-0.05, 0) is 12.1 Å². The molecule has 20 heavy (non-hydrogen) atoms. The van der Waals surface area contributed by atoms with Crippen molar-refractivity contribution in [2.75, 3.05) is 12.8 Å². The summed E-state index contributed by atoms with van der Waals surface area (Å²) in [4.78, 5) is 0. The summed E-state index contributed by atoms with van der Waals surface area (Å²) in [6.45, 7) is -0.188. The molecular formula is C12H12F2N2O2S2. The number of halogens is 2. The average molecular weight is 318 g/mol. The molecule has 0 amide bonds. The van der Waals surface area contributed by atoms with Crippen LogP contribution < -0.4 is 5.73 Å². The van der Waals surface area contributed by atoms with E-state index in [4.69, 9.17) is 5.73 Å². The molecule has 0 saturated carbocycles. The molecule has 0 aliphatic carbocycles. The molecule has 2 rings (SSSR count). The minimum atomic E-state index is -3.73. The molecule has 0 fully saturated rings. The van der Waals surface area contributed by atoms with Crippen LogP contribution in [0.15, 0.2) is 33.9 Å². The number of nitrogens with zero attached hydrogens (tertiary/aromatic N) is 1. The van der Waals surface area contributed by atoms with Crippen molar-refractivity contribution in [2.45, 2.75) is 10.8 Å². The molecule has 0 radical (unpaired) electrons. The largest absolute Gasteiger partial charge is 0.398 e. The summed E-state index contributed by atoms with van der Waals surface area (Å²) < 4.78 is 51.8. The Morgan fingerprint density at radius 2 is 2.00 bits per heavy atom. The number of hydrogen-bond donors (Lipinski definition) is 1. The van der Waals surface area contributed by atoms with Gasteiger partial charge >= 0.3 is 0 Å². The van der Waals surface area contributed by atoms with Crippen molar-refractivity contribution < 1.29 is 17.2 Å². The zero-order valence-corrected chi connectivity index (χ0v) is 12.1. The molecule has 2 aromatic rings. The minimum Gasteiger partial charge on any atom is -0.398 e. The average Bonchev–Trinajstić information content (AvgIpc) is 2.80. The summed E-state index contributed by atoms with van der Waals surface area (Å²) in [6.07, 6.45) is 0. The zero-order valence-electron chi connectivity index (χ0n) is 10.5. The van der Waals surface area contributed by atoms with Crippen LogP contribution >= 0.6 is 11.3 Å². The van der Waals surface area contributed by atoms with Gasteiger partial charge in [0.05, 0.1) is 0 Å². The fraction of sp³-hybridized carbons (Fsp3) is 0.167. The van der Waals surface area contributed by atoms with Crippen LogP contribution in [0.5, 0.6) is 0 Å². The van der Waals surface area contributed by atoms with Gasteiger partial charge in [0, 0.05) is 36.3 Å². The van der Waals surface area contributed by atoms with E-state index in [1.807, 2.05) is 0 Å². The van der Waals surface area contributed by atoms with E-state index in [1.165, 1.54) is 24.6 Å². The number of thiophene rings is 1. The summed E-state index contributed by atoms with van der Waals surface area (Å²) in [6, 6.07) is 4.37. The number of anilines is 1. The highest BCUT2D eigenvalue weighted by molar-refractivity contribution is 7.91. The maximum atomic E-state index is 13.5. The first-order chi connectivity index (χ1) is 9.30. The van der Waals surface area contributed by atoms with Crippen molar-refractivity contribution >= 4 is 27.0 Å². The Morgan fingerprint density at radius 1 is 1.30 bits per heavy atom. The molecular weight excluding hydrogens is 306 g/mol. The van der Waals surface area contributed by atoms with E-state index in [2.05, 4.69) is 0 Å². The number of nitrogens with two attached hydrogens (primary N) is 1. The van der Waals surface area contributed by atoms with Crippen molar-refractivity contribution in [2.24, 2.45) is 0 Å². The fourth-order valence-electron chi connectivity index (χ4n) is 1.59. The molecule has 8 heteroatoms. The van der Waals surface area contributed by atoms with E-state index in [0.717, 1.165) is 27.8 Å². The fourth-order valence-corrected chi connectivity index (χ4v) is 4.03. The third-order valence-corrected chi connectivity index (χ3v) is 5.91. The first-order valence-electron chi connectivity index (χ1n) is 5.55. The normalized spacial score (nSPS) is 12.0. The minimum absolute atomic E-state index is 0.0834. The van der Waals surface area contributed by atoms with Gasteiger partial charge < -0.3 is 5.73 Å².